The Labute approximate surface area is 139 Å². The summed E-state index contributed by atoms with van der Waals surface area (Å²) in [6, 6.07) is 13.3. The average molecular weight is 321 g/mol. The fourth-order valence-corrected chi connectivity index (χ4v) is 3.14. The minimum absolute atomic E-state index is 0.0399. The van der Waals surface area contributed by atoms with Crippen molar-refractivity contribution < 1.29 is 4.42 Å². The van der Waals surface area contributed by atoms with Crippen molar-refractivity contribution in [3.05, 3.63) is 58.9 Å². The molecule has 1 N–H and O–H groups in total. The minimum Gasteiger partial charge on any atom is -0.454 e. The molecule has 1 atom stereocenters. The molecular formula is C19H19N3O2. The Kier molecular flexibility index (Phi) is 3.78. The van der Waals surface area contributed by atoms with Gasteiger partial charge in [-0.1, -0.05) is 6.07 Å². The molecule has 5 nitrogen and oxygen atoms in total. The lowest BCUT2D eigenvalue weighted by Gasteiger charge is -2.33. The Balaban J connectivity index is 1.76. The third-order valence-electron chi connectivity index (χ3n) is 4.36. The number of hydrogen-bond acceptors (Lipinski definition) is 5. The molecule has 1 unspecified atom stereocenters. The molecule has 0 saturated carbocycles. The largest absolute Gasteiger partial charge is 0.454 e. The van der Waals surface area contributed by atoms with E-state index in [0.717, 1.165) is 25.3 Å². The van der Waals surface area contributed by atoms with Crippen molar-refractivity contribution in [1.29, 1.82) is 0 Å². The number of benzene rings is 1. The van der Waals surface area contributed by atoms with Crippen molar-refractivity contribution >= 4 is 16.7 Å². The second-order valence-electron chi connectivity index (χ2n) is 6.17. The SMILES string of the molecule is CC1CN(c2ccc3oc(-c4ccccn4)cc(=O)c3c2)CCN1. The summed E-state index contributed by atoms with van der Waals surface area (Å²) < 4.78 is 5.90. The molecule has 122 valence electrons. The predicted octanol–water partition coefficient (Wildman–Crippen LogP) is 2.65. The average Bonchev–Trinajstić information content (AvgIpc) is 2.62. The van der Waals surface area contributed by atoms with E-state index in [4.69, 9.17) is 4.42 Å². The third kappa shape index (κ3) is 2.78. The fourth-order valence-electron chi connectivity index (χ4n) is 3.14. The lowest BCUT2D eigenvalue weighted by molar-refractivity contribution is 0.485. The summed E-state index contributed by atoms with van der Waals surface area (Å²) in [4.78, 5) is 19.1. The Bertz CT molecular complexity index is 921. The van der Waals surface area contributed by atoms with Gasteiger partial charge in [-0.05, 0) is 37.3 Å². The number of pyridine rings is 1. The van der Waals surface area contributed by atoms with Crippen LogP contribution in [-0.2, 0) is 0 Å². The number of hydrogen-bond donors (Lipinski definition) is 1. The smallest absolute Gasteiger partial charge is 0.193 e. The zero-order chi connectivity index (χ0) is 16.5. The van der Waals surface area contributed by atoms with E-state index in [-0.39, 0.29) is 5.43 Å². The van der Waals surface area contributed by atoms with Crippen molar-refractivity contribution in [3.8, 4) is 11.5 Å². The van der Waals surface area contributed by atoms with Gasteiger partial charge in [0.05, 0.1) is 5.39 Å². The van der Waals surface area contributed by atoms with Gasteiger partial charge < -0.3 is 14.6 Å². The highest BCUT2D eigenvalue weighted by Crippen LogP contribution is 2.24. The fraction of sp³-hybridized carbons (Fsp3) is 0.263. The molecule has 0 spiro atoms. The van der Waals surface area contributed by atoms with E-state index in [1.54, 1.807) is 6.20 Å². The molecule has 4 rings (SSSR count). The molecule has 1 aromatic carbocycles. The monoisotopic (exact) mass is 321 g/mol. The van der Waals surface area contributed by atoms with Gasteiger partial charge in [0.1, 0.15) is 11.3 Å². The van der Waals surface area contributed by atoms with Crippen molar-refractivity contribution in [2.75, 3.05) is 24.5 Å². The first kappa shape index (κ1) is 14.9. The van der Waals surface area contributed by atoms with Gasteiger partial charge in [-0.3, -0.25) is 9.78 Å². The zero-order valence-electron chi connectivity index (χ0n) is 13.5. The van der Waals surface area contributed by atoms with E-state index in [9.17, 15) is 4.79 Å². The summed E-state index contributed by atoms with van der Waals surface area (Å²) in [7, 11) is 0. The molecule has 24 heavy (non-hydrogen) atoms. The van der Waals surface area contributed by atoms with E-state index in [1.807, 2.05) is 36.4 Å². The lowest BCUT2D eigenvalue weighted by Crippen LogP contribution is -2.49. The highest BCUT2D eigenvalue weighted by molar-refractivity contribution is 5.82. The number of rotatable bonds is 2. The summed E-state index contributed by atoms with van der Waals surface area (Å²) in [5.74, 6) is 0.497. The van der Waals surface area contributed by atoms with Gasteiger partial charge in [-0.2, -0.15) is 0 Å². The van der Waals surface area contributed by atoms with Crippen LogP contribution in [0.3, 0.4) is 0 Å². The van der Waals surface area contributed by atoms with E-state index in [2.05, 4.69) is 22.1 Å². The van der Waals surface area contributed by atoms with Crippen molar-refractivity contribution in [3.63, 3.8) is 0 Å². The number of nitrogens with zero attached hydrogens (tertiary/aromatic N) is 2. The predicted molar refractivity (Wildman–Crippen MR) is 95.4 cm³/mol. The third-order valence-corrected chi connectivity index (χ3v) is 4.36. The second-order valence-corrected chi connectivity index (χ2v) is 6.17. The first-order chi connectivity index (χ1) is 11.7. The highest BCUT2D eigenvalue weighted by Gasteiger charge is 2.17. The van der Waals surface area contributed by atoms with Crippen LogP contribution in [0.2, 0.25) is 0 Å². The van der Waals surface area contributed by atoms with Gasteiger partial charge in [0.2, 0.25) is 0 Å². The molecule has 5 heteroatoms. The van der Waals surface area contributed by atoms with E-state index < -0.39 is 0 Å². The van der Waals surface area contributed by atoms with Gasteiger partial charge >= 0.3 is 0 Å². The van der Waals surface area contributed by atoms with Crippen LogP contribution >= 0.6 is 0 Å². The topological polar surface area (TPSA) is 58.4 Å². The van der Waals surface area contributed by atoms with Crippen LogP contribution in [0.1, 0.15) is 6.92 Å². The van der Waals surface area contributed by atoms with Crippen LogP contribution < -0.4 is 15.6 Å². The second kappa shape index (κ2) is 6.09. The van der Waals surface area contributed by atoms with Crippen LogP contribution in [0, 0.1) is 0 Å². The molecule has 0 bridgehead atoms. The van der Waals surface area contributed by atoms with Gasteiger partial charge in [-0.15, -0.1) is 0 Å². The van der Waals surface area contributed by atoms with Crippen LogP contribution in [0.4, 0.5) is 5.69 Å². The molecule has 3 heterocycles. The Morgan fingerprint density at radius 2 is 2.17 bits per heavy atom. The standard InChI is InChI=1S/C19H19N3O2/c1-13-12-22(9-8-20-13)14-5-6-18-15(10-14)17(23)11-19(24-18)16-4-2-3-7-21-16/h2-7,10-11,13,20H,8-9,12H2,1H3. The molecule has 3 aromatic rings. The van der Waals surface area contributed by atoms with E-state index in [1.165, 1.54) is 6.07 Å². The summed E-state index contributed by atoms with van der Waals surface area (Å²) in [5.41, 5.74) is 2.28. The number of aromatic nitrogens is 1. The number of piperazine rings is 1. The Hall–Kier alpha value is -2.66. The van der Waals surface area contributed by atoms with Crippen molar-refractivity contribution in [2.45, 2.75) is 13.0 Å². The van der Waals surface area contributed by atoms with Crippen molar-refractivity contribution in [1.82, 2.24) is 10.3 Å². The molecule has 2 aromatic heterocycles. The summed E-state index contributed by atoms with van der Waals surface area (Å²) in [6.07, 6.45) is 1.69. The van der Waals surface area contributed by atoms with Crippen LogP contribution in [0.5, 0.6) is 0 Å². The Morgan fingerprint density at radius 1 is 1.25 bits per heavy atom. The van der Waals surface area contributed by atoms with Gasteiger partial charge in [-0.25, -0.2) is 0 Å². The lowest BCUT2D eigenvalue weighted by atomic mass is 10.1. The van der Waals surface area contributed by atoms with Gasteiger partial charge in [0, 0.05) is 43.6 Å². The Morgan fingerprint density at radius 3 is 2.96 bits per heavy atom. The highest BCUT2D eigenvalue weighted by atomic mass is 16.3. The summed E-state index contributed by atoms with van der Waals surface area (Å²) in [5, 5.41) is 4.04. The molecule has 1 fully saturated rings. The molecule has 0 radical (unpaired) electrons. The summed E-state index contributed by atoms with van der Waals surface area (Å²) in [6.45, 7) is 4.99. The van der Waals surface area contributed by atoms with Crippen molar-refractivity contribution in [2.24, 2.45) is 0 Å². The maximum atomic E-state index is 12.6. The number of nitrogens with one attached hydrogen (secondary N) is 1. The molecule has 0 aliphatic carbocycles. The van der Waals surface area contributed by atoms with Gasteiger partial charge in [0.25, 0.3) is 0 Å². The molecular weight excluding hydrogens is 302 g/mol. The first-order valence-electron chi connectivity index (χ1n) is 8.18. The maximum absolute atomic E-state index is 12.6. The van der Waals surface area contributed by atoms with E-state index >= 15 is 0 Å². The first-order valence-corrected chi connectivity index (χ1v) is 8.18. The van der Waals surface area contributed by atoms with Crippen LogP contribution in [-0.4, -0.2) is 30.7 Å². The van der Waals surface area contributed by atoms with Crippen LogP contribution in [0.25, 0.3) is 22.4 Å². The van der Waals surface area contributed by atoms with Crippen LogP contribution in [0.15, 0.2) is 57.9 Å². The van der Waals surface area contributed by atoms with E-state index in [0.29, 0.717) is 28.5 Å². The molecule has 1 aliphatic heterocycles. The molecule has 1 saturated heterocycles. The van der Waals surface area contributed by atoms with Gasteiger partial charge in [0.15, 0.2) is 11.2 Å². The normalized spacial score (nSPS) is 18.0. The quantitative estimate of drug-likeness (QED) is 0.786. The number of fused-ring (bicyclic) bond motifs is 1. The molecule has 1 aliphatic rings. The maximum Gasteiger partial charge on any atom is 0.193 e. The minimum atomic E-state index is -0.0399. The number of anilines is 1. The summed E-state index contributed by atoms with van der Waals surface area (Å²) >= 11 is 0. The molecule has 0 amide bonds. The zero-order valence-corrected chi connectivity index (χ0v) is 13.5.